The van der Waals surface area contributed by atoms with Gasteiger partial charge in [0.2, 0.25) is 5.06 Å². The molecule has 16 heavy (non-hydrogen) atoms. The second kappa shape index (κ2) is 4.43. The number of aromatic nitrogens is 1. The predicted octanol–water partition coefficient (Wildman–Crippen LogP) is 2.68. The minimum Gasteiger partial charge on any atom is -0.444 e. The highest BCUT2D eigenvalue weighted by Crippen LogP contribution is 2.27. The molecular weight excluding hydrogens is 222 g/mol. The van der Waals surface area contributed by atoms with Gasteiger partial charge in [-0.3, -0.25) is 0 Å². The maximum absolute atomic E-state index is 8.92. The fourth-order valence-electron chi connectivity index (χ4n) is 1.14. The second-order valence-electron chi connectivity index (χ2n) is 2.86. The van der Waals surface area contributed by atoms with E-state index >= 15 is 0 Å². The van der Waals surface area contributed by atoms with Gasteiger partial charge in [0.15, 0.2) is 0 Å². The molecule has 1 aromatic heterocycles. The highest BCUT2D eigenvalue weighted by atomic mass is 32.1. The van der Waals surface area contributed by atoms with Crippen molar-refractivity contribution in [3.8, 4) is 23.0 Å². The lowest BCUT2D eigenvalue weighted by molar-refractivity contribution is 0.493. The Labute approximate surface area is 96.0 Å². The van der Waals surface area contributed by atoms with Gasteiger partial charge in [-0.05, 0) is 18.2 Å². The van der Waals surface area contributed by atoms with Gasteiger partial charge < -0.3 is 4.74 Å². The highest BCUT2D eigenvalue weighted by Gasteiger charge is 2.06. The van der Waals surface area contributed by atoms with E-state index in [9.17, 15) is 0 Å². The molecule has 0 fully saturated rings. The summed E-state index contributed by atoms with van der Waals surface area (Å²) in [5.41, 5.74) is 2.42. The van der Waals surface area contributed by atoms with Crippen molar-refractivity contribution in [2.24, 2.45) is 0 Å². The summed E-state index contributed by atoms with van der Waals surface area (Å²) < 4.78 is 5.46. The Kier molecular flexibility index (Phi) is 2.81. The van der Waals surface area contributed by atoms with Crippen LogP contribution in [0, 0.1) is 22.7 Å². The van der Waals surface area contributed by atoms with Crippen LogP contribution in [0.3, 0.4) is 0 Å². The average molecular weight is 227 g/mol. The molecule has 0 atom stereocenters. The summed E-state index contributed by atoms with van der Waals surface area (Å²) in [5.74, 6) is 0.436. The molecule has 1 heterocycles. The molecule has 1 aromatic carbocycles. The summed E-state index contributed by atoms with van der Waals surface area (Å²) in [6, 6.07) is 8.67. The van der Waals surface area contributed by atoms with Crippen LogP contribution in [0.25, 0.3) is 0 Å². The Morgan fingerprint density at radius 2 is 2.12 bits per heavy atom. The molecule has 0 saturated heterocycles. The SMILES string of the molecule is N#Cc1ccc(Oc2cncs2)c(C#N)c1. The molecule has 0 spiro atoms. The molecule has 4 nitrogen and oxygen atoms in total. The lowest BCUT2D eigenvalue weighted by Crippen LogP contribution is -1.87. The number of hydrogen-bond acceptors (Lipinski definition) is 5. The molecule has 0 saturated carbocycles. The molecule has 0 aliphatic rings. The lowest BCUT2D eigenvalue weighted by atomic mass is 10.1. The van der Waals surface area contributed by atoms with E-state index in [-0.39, 0.29) is 0 Å². The third-order valence-corrected chi connectivity index (χ3v) is 2.50. The van der Waals surface area contributed by atoms with Crippen molar-refractivity contribution >= 4 is 11.3 Å². The first-order chi connectivity index (χ1) is 7.83. The summed E-state index contributed by atoms with van der Waals surface area (Å²) in [7, 11) is 0. The highest BCUT2D eigenvalue weighted by molar-refractivity contribution is 7.11. The van der Waals surface area contributed by atoms with Gasteiger partial charge >= 0.3 is 0 Å². The number of benzene rings is 1. The van der Waals surface area contributed by atoms with Crippen molar-refractivity contribution < 1.29 is 4.74 Å². The van der Waals surface area contributed by atoms with Gasteiger partial charge in [0, 0.05) is 0 Å². The fourth-order valence-corrected chi connectivity index (χ4v) is 1.62. The van der Waals surface area contributed by atoms with E-state index in [2.05, 4.69) is 4.98 Å². The molecule has 0 aliphatic heterocycles. The van der Waals surface area contributed by atoms with E-state index in [4.69, 9.17) is 15.3 Å². The topological polar surface area (TPSA) is 69.7 Å². The first kappa shape index (κ1) is 10.2. The number of nitrogens with zero attached hydrogens (tertiary/aromatic N) is 3. The van der Waals surface area contributed by atoms with Gasteiger partial charge in [0.25, 0.3) is 0 Å². The Hall–Kier alpha value is -2.37. The van der Waals surface area contributed by atoms with E-state index in [1.807, 2.05) is 12.1 Å². The van der Waals surface area contributed by atoms with Gasteiger partial charge in [-0.25, -0.2) is 4.98 Å². The normalized spacial score (nSPS) is 9.12. The molecule has 0 bridgehead atoms. The second-order valence-corrected chi connectivity index (χ2v) is 3.71. The van der Waals surface area contributed by atoms with Crippen LogP contribution in [0.2, 0.25) is 0 Å². The molecule has 2 aromatic rings. The molecule has 0 amide bonds. The number of nitriles is 2. The van der Waals surface area contributed by atoms with Crippen molar-refractivity contribution in [1.29, 1.82) is 10.5 Å². The maximum atomic E-state index is 8.92. The van der Waals surface area contributed by atoms with Crippen LogP contribution in [0.4, 0.5) is 0 Å². The minimum atomic E-state index is 0.340. The number of thiazole rings is 1. The van der Waals surface area contributed by atoms with E-state index in [1.54, 1.807) is 23.8 Å². The Bertz CT molecular complexity index is 578. The predicted molar refractivity (Wildman–Crippen MR) is 58.1 cm³/mol. The molecular formula is C11H5N3OS. The zero-order valence-electron chi connectivity index (χ0n) is 8.04. The van der Waals surface area contributed by atoms with Gasteiger partial charge in [0.05, 0.1) is 28.9 Å². The van der Waals surface area contributed by atoms with Crippen LogP contribution < -0.4 is 4.74 Å². The summed E-state index contributed by atoms with van der Waals surface area (Å²) in [4.78, 5) is 3.87. The first-order valence-corrected chi connectivity index (χ1v) is 5.22. The van der Waals surface area contributed by atoms with Crippen LogP contribution >= 0.6 is 11.3 Å². The molecule has 0 N–H and O–H groups in total. The van der Waals surface area contributed by atoms with Crippen LogP contribution in [-0.4, -0.2) is 4.98 Å². The lowest BCUT2D eigenvalue weighted by Gasteiger charge is -2.03. The summed E-state index contributed by atoms with van der Waals surface area (Å²) >= 11 is 1.34. The summed E-state index contributed by atoms with van der Waals surface area (Å²) in [5, 5.41) is 18.2. The molecule has 5 heteroatoms. The van der Waals surface area contributed by atoms with Crippen molar-refractivity contribution in [2.45, 2.75) is 0 Å². The number of hydrogen-bond donors (Lipinski definition) is 0. The zero-order chi connectivity index (χ0) is 11.4. The average Bonchev–Trinajstić information content (AvgIpc) is 2.82. The van der Waals surface area contributed by atoms with E-state index < -0.39 is 0 Å². The van der Waals surface area contributed by atoms with Crippen molar-refractivity contribution in [3.63, 3.8) is 0 Å². The molecule has 0 radical (unpaired) electrons. The Balaban J connectivity index is 2.36. The van der Waals surface area contributed by atoms with E-state index in [0.717, 1.165) is 0 Å². The van der Waals surface area contributed by atoms with Crippen molar-refractivity contribution in [1.82, 2.24) is 4.98 Å². The standard InChI is InChI=1S/C11H5N3OS/c12-4-8-1-2-10(9(3-8)5-13)15-11-6-14-7-16-11/h1-3,6-7H. The first-order valence-electron chi connectivity index (χ1n) is 4.34. The Morgan fingerprint density at radius 1 is 1.25 bits per heavy atom. The molecule has 0 aliphatic carbocycles. The molecule has 76 valence electrons. The smallest absolute Gasteiger partial charge is 0.200 e. The van der Waals surface area contributed by atoms with Gasteiger partial charge in [-0.1, -0.05) is 11.3 Å². The van der Waals surface area contributed by atoms with Gasteiger partial charge in [-0.2, -0.15) is 10.5 Å². The number of ether oxygens (including phenoxy) is 1. The van der Waals surface area contributed by atoms with Crippen LogP contribution in [0.5, 0.6) is 10.8 Å². The van der Waals surface area contributed by atoms with Crippen molar-refractivity contribution in [3.05, 3.63) is 41.0 Å². The summed E-state index contributed by atoms with van der Waals surface area (Å²) in [6.45, 7) is 0. The molecule has 2 rings (SSSR count). The largest absolute Gasteiger partial charge is 0.444 e. The monoisotopic (exact) mass is 227 g/mol. The van der Waals surface area contributed by atoms with Gasteiger partial charge in [0.1, 0.15) is 11.8 Å². The van der Waals surface area contributed by atoms with Gasteiger partial charge in [-0.15, -0.1) is 0 Å². The van der Waals surface area contributed by atoms with Crippen LogP contribution in [-0.2, 0) is 0 Å². The quantitative estimate of drug-likeness (QED) is 0.790. The third-order valence-electron chi connectivity index (χ3n) is 1.85. The Morgan fingerprint density at radius 3 is 2.75 bits per heavy atom. The van der Waals surface area contributed by atoms with Crippen molar-refractivity contribution in [2.75, 3.05) is 0 Å². The number of rotatable bonds is 2. The van der Waals surface area contributed by atoms with Crippen LogP contribution in [0.1, 0.15) is 11.1 Å². The maximum Gasteiger partial charge on any atom is 0.200 e. The van der Waals surface area contributed by atoms with E-state index in [0.29, 0.717) is 21.9 Å². The van der Waals surface area contributed by atoms with E-state index in [1.165, 1.54) is 17.4 Å². The minimum absolute atomic E-state index is 0.340. The third kappa shape index (κ3) is 2.00. The van der Waals surface area contributed by atoms with Crippen LogP contribution in [0.15, 0.2) is 29.9 Å². The summed E-state index contributed by atoms with van der Waals surface area (Å²) in [6.07, 6.45) is 1.57. The fraction of sp³-hybridized carbons (Fsp3) is 0. The zero-order valence-corrected chi connectivity index (χ0v) is 8.86. The molecule has 0 unspecified atom stereocenters.